The molecule has 0 aliphatic carbocycles. The number of nitrogens with zero attached hydrogens (tertiary/aromatic N) is 2. The van der Waals surface area contributed by atoms with E-state index in [-0.39, 0.29) is 5.91 Å². The lowest BCUT2D eigenvalue weighted by atomic mass is 10.1. The first-order valence-electron chi connectivity index (χ1n) is 7.99. The lowest BCUT2D eigenvalue weighted by Crippen LogP contribution is -2.13. The van der Waals surface area contributed by atoms with E-state index in [4.69, 9.17) is 4.42 Å². The van der Waals surface area contributed by atoms with E-state index in [1.165, 1.54) is 23.1 Å². The summed E-state index contributed by atoms with van der Waals surface area (Å²) in [5.74, 6) is 0.431. The van der Waals surface area contributed by atoms with E-state index in [0.29, 0.717) is 21.7 Å². The first kappa shape index (κ1) is 16.8. The van der Waals surface area contributed by atoms with Crippen LogP contribution in [-0.4, -0.2) is 15.9 Å². The lowest BCUT2D eigenvalue weighted by molar-refractivity contribution is 0.102. The highest BCUT2D eigenvalue weighted by atomic mass is 32.2. The van der Waals surface area contributed by atoms with Crippen molar-refractivity contribution in [2.45, 2.75) is 17.9 Å². The lowest BCUT2D eigenvalue weighted by Gasteiger charge is -2.07. The van der Waals surface area contributed by atoms with E-state index in [1.807, 2.05) is 55.5 Å². The molecule has 0 aliphatic heterocycles. The van der Waals surface area contributed by atoms with Crippen molar-refractivity contribution in [2.24, 2.45) is 0 Å². The van der Waals surface area contributed by atoms with Gasteiger partial charge in [0.2, 0.25) is 0 Å². The normalized spacial score (nSPS) is 11.0. The zero-order valence-electron chi connectivity index (χ0n) is 13.9. The number of fused-ring (bicyclic) bond motifs is 1. The first-order valence-corrected chi connectivity index (χ1v) is 9.79. The van der Waals surface area contributed by atoms with Crippen molar-refractivity contribution < 1.29 is 9.21 Å². The van der Waals surface area contributed by atoms with Gasteiger partial charge >= 0.3 is 0 Å². The van der Waals surface area contributed by atoms with Gasteiger partial charge < -0.3 is 4.42 Å². The Balaban J connectivity index is 1.50. The van der Waals surface area contributed by atoms with Gasteiger partial charge in [-0.25, -0.2) is 9.97 Å². The Labute approximate surface area is 158 Å². The van der Waals surface area contributed by atoms with Crippen molar-refractivity contribution in [1.82, 2.24) is 9.97 Å². The number of thiazole rings is 1. The summed E-state index contributed by atoms with van der Waals surface area (Å²) >= 11 is 2.93. The molecule has 0 unspecified atom stereocenters. The van der Waals surface area contributed by atoms with Gasteiger partial charge in [-0.3, -0.25) is 10.1 Å². The standard InChI is InChI=1S/C19H15N3O2S2/c1-12-10-20-18(26-12)22-17(23)14-7-3-2-6-13(14)11-25-19-21-15-8-4-5-9-16(15)24-19/h2-10H,11H2,1H3,(H,20,22,23). The molecule has 0 saturated heterocycles. The molecule has 0 fully saturated rings. The third-order valence-corrected chi connectivity index (χ3v) is 5.43. The van der Waals surface area contributed by atoms with E-state index >= 15 is 0 Å². The number of thioether (sulfide) groups is 1. The summed E-state index contributed by atoms with van der Waals surface area (Å²) in [6.45, 7) is 1.96. The summed E-state index contributed by atoms with van der Waals surface area (Å²) in [6.07, 6.45) is 1.75. The zero-order chi connectivity index (χ0) is 17.9. The van der Waals surface area contributed by atoms with Gasteiger partial charge in [-0.05, 0) is 30.7 Å². The summed E-state index contributed by atoms with van der Waals surface area (Å²) in [4.78, 5) is 22.3. The second-order valence-corrected chi connectivity index (χ2v) is 7.78. The van der Waals surface area contributed by atoms with Crippen LogP contribution in [0.4, 0.5) is 5.13 Å². The fourth-order valence-corrected chi connectivity index (χ4v) is 4.00. The van der Waals surface area contributed by atoms with Gasteiger partial charge in [0.05, 0.1) is 0 Å². The van der Waals surface area contributed by atoms with E-state index in [9.17, 15) is 4.79 Å². The number of nitrogens with one attached hydrogen (secondary N) is 1. The summed E-state index contributed by atoms with van der Waals surface area (Å²) in [5, 5.41) is 4.06. The number of para-hydroxylation sites is 2. The van der Waals surface area contributed by atoms with Crippen LogP contribution in [0.5, 0.6) is 0 Å². The van der Waals surface area contributed by atoms with Crippen molar-refractivity contribution in [3.63, 3.8) is 0 Å². The third kappa shape index (κ3) is 3.63. The number of carbonyl (C=O) groups excluding carboxylic acids is 1. The molecule has 2 heterocycles. The van der Waals surface area contributed by atoms with Crippen LogP contribution in [0.1, 0.15) is 20.8 Å². The minimum absolute atomic E-state index is 0.159. The van der Waals surface area contributed by atoms with Crippen molar-refractivity contribution in [2.75, 3.05) is 5.32 Å². The summed E-state index contributed by atoms with van der Waals surface area (Å²) in [5.41, 5.74) is 3.15. The van der Waals surface area contributed by atoms with Crippen LogP contribution in [-0.2, 0) is 5.75 Å². The average Bonchev–Trinajstić information content (AvgIpc) is 3.25. The molecule has 0 saturated carbocycles. The monoisotopic (exact) mass is 381 g/mol. The van der Waals surface area contributed by atoms with Crippen LogP contribution in [0.25, 0.3) is 11.1 Å². The Hall–Kier alpha value is -2.64. The number of aromatic nitrogens is 2. The second kappa shape index (κ2) is 7.31. The molecule has 0 atom stereocenters. The summed E-state index contributed by atoms with van der Waals surface area (Å²) < 4.78 is 5.73. The fraction of sp³-hybridized carbons (Fsp3) is 0.105. The van der Waals surface area contributed by atoms with Gasteiger partial charge in [-0.15, -0.1) is 11.3 Å². The van der Waals surface area contributed by atoms with Crippen LogP contribution < -0.4 is 5.32 Å². The van der Waals surface area contributed by atoms with Gasteiger partial charge in [-0.1, -0.05) is 42.1 Å². The maximum atomic E-state index is 12.6. The predicted octanol–water partition coefficient (Wildman–Crippen LogP) is 5.14. The zero-order valence-corrected chi connectivity index (χ0v) is 15.6. The molecule has 130 valence electrons. The van der Waals surface area contributed by atoms with E-state index in [1.54, 1.807) is 6.20 Å². The van der Waals surface area contributed by atoms with Crippen molar-refractivity contribution >= 4 is 45.2 Å². The van der Waals surface area contributed by atoms with Crippen LogP contribution in [0, 0.1) is 6.92 Å². The number of carbonyl (C=O) groups is 1. The van der Waals surface area contributed by atoms with Gasteiger partial charge in [0.1, 0.15) is 5.52 Å². The van der Waals surface area contributed by atoms with Crippen LogP contribution in [0.15, 0.2) is 64.4 Å². The molecule has 0 bridgehead atoms. The number of hydrogen-bond acceptors (Lipinski definition) is 6. The Kier molecular flexibility index (Phi) is 4.73. The molecule has 0 radical (unpaired) electrons. The second-order valence-electron chi connectivity index (χ2n) is 5.62. The molecular weight excluding hydrogens is 366 g/mol. The smallest absolute Gasteiger partial charge is 0.257 e. The van der Waals surface area contributed by atoms with Gasteiger partial charge in [0.15, 0.2) is 10.7 Å². The number of amides is 1. The molecule has 2 aromatic heterocycles. The summed E-state index contributed by atoms with van der Waals surface area (Å²) in [6, 6.07) is 15.2. The third-order valence-electron chi connectivity index (χ3n) is 3.73. The van der Waals surface area contributed by atoms with Crippen molar-refractivity contribution in [1.29, 1.82) is 0 Å². The molecular formula is C19H15N3O2S2. The number of oxazole rings is 1. The number of benzene rings is 2. The fourth-order valence-electron chi connectivity index (χ4n) is 2.50. The van der Waals surface area contributed by atoms with Crippen LogP contribution in [0.2, 0.25) is 0 Å². The maximum absolute atomic E-state index is 12.6. The van der Waals surface area contributed by atoms with Crippen molar-refractivity contribution in [3.05, 3.63) is 70.7 Å². The van der Waals surface area contributed by atoms with Crippen molar-refractivity contribution in [3.8, 4) is 0 Å². The van der Waals surface area contributed by atoms with Crippen LogP contribution in [0.3, 0.4) is 0 Å². The van der Waals surface area contributed by atoms with Gasteiger partial charge in [0.25, 0.3) is 11.1 Å². The minimum Gasteiger partial charge on any atom is -0.431 e. The molecule has 1 N–H and O–H groups in total. The number of anilines is 1. The molecule has 26 heavy (non-hydrogen) atoms. The molecule has 4 rings (SSSR count). The topological polar surface area (TPSA) is 68.0 Å². The van der Waals surface area contributed by atoms with Gasteiger partial charge in [0, 0.05) is 22.4 Å². The highest BCUT2D eigenvalue weighted by Crippen LogP contribution is 2.27. The minimum atomic E-state index is -0.159. The van der Waals surface area contributed by atoms with Crippen LogP contribution >= 0.6 is 23.1 Å². The molecule has 2 aromatic carbocycles. The Bertz CT molecular complexity index is 1040. The molecule has 5 nitrogen and oxygen atoms in total. The molecule has 0 aliphatic rings. The highest BCUT2D eigenvalue weighted by molar-refractivity contribution is 7.98. The molecule has 7 heteroatoms. The molecule has 0 spiro atoms. The molecule has 4 aromatic rings. The van der Waals surface area contributed by atoms with Gasteiger partial charge in [-0.2, -0.15) is 0 Å². The van der Waals surface area contributed by atoms with E-state index in [2.05, 4.69) is 15.3 Å². The largest absolute Gasteiger partial charge is 0.431 e. The number of hydrogen-bond donors (Lipinski definition) is 1. The Morgan fingerprint density at radius 3 is 2.81 bits per heavy atom. The predicted molar refractivity (Wildman–Crippen MR) is 105 cm³/mol. The van der Waals surface area contributed by atoms with E-state index in [0.717, 1.165) is 21.5 Å². The number of aryl methyl sites for hydroxylation is 1. The van der Waals surface area contributed by atoms with E-state index < -0.39 is 0 Å². The quantitative estimate of drug-likeness (QED) is 0.485. The SMILES string of the molecule is Cc1cnc(NC(=O)c2ccccc2CSc2nc3ccccc3o2)s1. The average molecular weight is 381 g/mol. The maximum Gasteiger partial charge on any atom is 0.257 e. The Morgan fingerprint density at radius 1 is 1.19 bits per heavy atom. The Morgan fingerprint density at radius 2 is 2.00 bits per heavy atom. The first-order chi connectivity index (χ1) is 12.7. The highest BCUT2D eigenvalue weighted by Gasteiger charge is 2.14. The molecule has 1 amide bonds. The summed E-state index contributed by atoms with van der Waals surface area (Å²) in [7, 11) is 0. The number of rotatable bonds is 5.